The minimum Gasteiger partial charge on any atom is -0.495 e. The Kier molecular flexibility index (Phi) is 6.55. The van der Waals surface area contributed by atoms with Crippen LogP contribution in [0, 0.1) is 0 Å². The van der Waals surface area contributed by atoms with E-state index in [4.69, 9.17) is 16.3 Å². The van der Waals surface area contributed by atoms with Gasteiger partial charge in [-0.05, 0) is 24.3 Å². The number of hydrogen-bond acceptors (Lipinski definition) is 6. The largest absolute Gasteiger partial charge is 0.495 e. The molecule has 1 aliphatic rings. The van der Waals surface area contributed by atoms with Gasteiger partial charge in [-0.3, -0.25) is 19.3 Å². The number of aromatic nitrogens is 1. The number of nitrogens with zero attached hydrogens (tertiary/aromatic N) is 3. The molecule has 1 aromatic carbocycles. The van der Waals surface area contributed by atoms with Crippen molar-refractivity contribution in [3.05, 3.63) is 52.8 Å². The van der Waals surface area contributed by atoms with Crippen molar-refractivity contribution in [3.8, 4) is 5.75 Å². The molecule has 9 nitrogen and oxygen atoms in total. The van der Waals surface area contributed by atoms with Gasteiger partial charge in [-0.2, -0.15) is 0 Å². The smallest absolute Gasteiger partial charge is 0.255 e. The molecule has 1 saturated heterocycles. The maximum absolute atomic E-state index is 12.8. The minimum atomic E-state index is -2.84. The number of anilines is 1. The highest BCUT2D eigenvalue weighted by Gasteiger charge is 2.27. The Morgan fingerprint density at radius 1 is 1.10 bits per heavy atom. The number of amides is 2. The van der Waals surface area contributed by atoms with Gasteiger partial charge in [-0.1, -0.05) is 11.6 Å². The van der Waals surface area contributed by atoms with Gasteiger partial charge in [-0.25, -0.2) is 8.42 Å². The summed E-state index contributed by atoms with van der Waals surface area (Å²) in [4.78, 5) is 32.6. The zero-order chi connectivity index (χ0) is 21.0. The molecule has 1 aliphatic heterocycles. The summed E-state index contributed by atoms with van der Waals surface area (Å²) < 4.78 is 29.1. The molecule has 1 aromatic heterocycles. The van der Waals surface area contributed by atoms with Crippen LogP contribution in [0.3, 0.4) is 0 Å². The maximum atomic E-state index is 12.8. The standard InChI is InChI=1S/C18H19ClN4O5S/c1-28-16-10-12(2-3-15(16)21-29(26)27)17(24)22-6-8-23(9-7-22)18(25)13-4-5-20-11-14(13)19/h2-5,10-11,29H,6-9H2,1H3,(H,21,26,27). The third-order valence-electron chi connectivity index (χ3n) is 4.52. The molecule has 0 unspecified atom stereocenters. The molecule has 29 heavy (non-hydrogen) atoms. The van der Waals surface area contributed by atoms with Crippen molar-refractivity contribution < 1.29 is 22.7 Å². The van der Waals surface area contributed by atoms with Crippen molar-refractivity contribution in [3.63, 3.8) is 0 Å². The van der Waals surface area contributed by atoms with Crippen LogP contribution in [0.2, 0.25) is 5.02 Å². The molecule has 0 radical (unpaired) electrons. The summed E-state index contributed by atoms with van der Waals surface area (Å²) in [7, 11) is -1.45. The number of nitrogens with one attached hydrogen (secondary N) is 1. The summed E-state index contributed by atoms with van der Waals surface area (Å²) in [5.41, 5.74) is 1.00. The van der Waals surface area contributed by atoms with E-state index in [1.54, 1.807) is 15.9 Å². The molecule has 154 valence electrons. The lowest BCUT2D eigenvalue weighted by Crippen LogP contribution is -2.50. The molecule has 0 atom stereocenters. The van der Waals surface area contributed by atoms with Crippen molar-refractivity contribution in [1.29, 1.82) is 0 Å². The van der Waals surface area contributed by atoms with E-state index in [-0.39, 0.29) is 28.3 Å². The first kappa shape index (κ1) is 20.9. The predicted octanol–water partition coefficient (Wildman–Crippen LogP) is 1.28. The van der Waals surface area contributed by atoms with Crippen LogP contribution in [0.15, 0.2) is 36.7 Å². The summed E-state index contributed by atoms with van der Waals surface area (Å²) in [6, 6.07) is 6.06. The van der Waals surface area contributed by atoms with Crippen LogP contribution in [0.5, 0.6) is 5.75 Å². The molecular weight excluding hydrogens is 420 g/mol. The fourth-order valence-electron chi connectivity index (χ4n) is 3.03. The lowest BCUT2D eigenvalue weighted by atomic mass is 10.1. The van der Waals surface area contributed by atoms with E-state index in [0.717, 1.165) is 0 Å². The van der Waals surface area contributed by atoms with E-state index >= 15 is 0 Å². The van der Waals surface area contributed by atoms with Crippen molar-refractivity contribution in [1.82, 2.24) is 14.8 Å². The molecule has 2 heterocycles. The third kappa shape index (κ3) is 4.77. The summed E-state index contributed by atoms with van der Waals surface area (Å²) >= 11 is 6.04. The number of rotatable bonds is 5. The van der Waals surface area contributed by atoms with Gasteiger partial charge < -0.3 is 14.5 Å². The van der Waals surface area contributed by atoms with Gasteiger partial charge in [0.2, 0.25) is 10.9 Å². The Morgan fingerprint density at radius 2 is 1.76 bits per heavy atom. The number of thiol groups is 1. The number of carbonyl (C=O) groups excluding carboxylic acids is 2. The van der Waals surface area contributed by atoms with E-state index in [9.17, 15) is 18.0 Å². The maximum Gasteiger partial charge on any atom is 0.255 e. The average Bonchev–Trinajstić information content (AvgIpc) is 2.73. The second kappa shape index (κ2) is 9.10. The number of carbonyl (C=O) groups is 2. The predicted molar refractivity (Wildman–Crippen MR) is 108 cm³/mol. The number of halogens is 1. The van der Waals surface area contributed by atoms with Gasteiger partial charge in [0.1, 0.15) is 5.75 Å². The van der Waals surface area contributed by atoms with Crippen LogP contribution in [0.4, 0.5) is 5.69 Å². The molecule has 0 spiro atoms. The average molecular weight is 439 g/mol. The Morgan fingerprint density at radius 3 is 2.34 bits per heavy atom. The fraction of sp³-hybridized carbons (Fsp3) is 0.278. The summed E-state index contributed by atoms with van der Waals surface area (Å²) in [6.07, 6.45) is 2.93. The number of piperazine rings is 1. The molecular formula is C18H19ClN4O5S. The molecule has 2 aromatic rings. The van der Waals surface area contributed by atoms with Crippen LogP contribution in [0.1, 0.15) is 20.7 Å². The lowest BCUT2D eigenvalue weighted by molar-refractivity contribution is 0.0535. The monoisotopic (exact) mass is 438 g/mol. The highest BCUT2D eigenvalue weighted by molar-refractivity contribution is 7.73. The van der Waals surface area contributed by atoms with Gasteiger partial charge in [-0.15, -0.1) is 0 Å². The Labute approximate surface area is 174 Å². The molecule has 1 N–H and O–H groups in total. The van der Waals surface area contributed by atoms with E-state index in [2.05, 4.69) is 9.71 Å². The summed E-state index contributed by atoms with van der Waals surface area (Å²) in [5, 5.41) is 0.289. The van der Waals surface area contributed by atoms with Gasteiger partial charge in [0, 0.05) is 44.1 Å². The molecule has 3 rings (SSSR count). The molecule has 0 aliphatic carbocycles. The Bertz CT molecular complexity index is 997. The highest BCUT2D eigenvalue weighted by atomic mass is 35.5. The fourth-order valence-corrected chi connectivity index (χ4v) is 3.61. The van der Waals surface area contributed by atoms with E-state index in [1.165, 1.54) is 37.7 Å². The SMILES string of the molecule is COc1cc(C(=O)N2CCN(C(=O)c3ccncc3Cl)CC2)ccc1N[SH](=O)=O. The molecule has 1 fully saturated rings. The second-order valence-electron chi connectivity index (χ2n) is 6.22. The quantitative estimate of drug-likeness (QED) is 0.681. The van der Waals surface area contributed by atoms with Gasteiger partial charge in [0.25, 0.3) is 11.8 Å². The number of pyridine rings is 1. The van der Waals surface area contributed by atoms with E-state index in [1.807, 2.05) is 0 Å². The Hall–Kier alpha value is -2.85. The van der Waals surface area contributed by atoms with Crippen LogP contribution in [0.25, 0.3) is 0 Å². The number of benzene rings is 1. The van der Waals surface area contributed by atoms with Crippen LogP contribution < -0.4 is 9.46 Å². The molecule has 0 bridgehead atoms. The van der Waals surface area contributed by atoms with Crippen LogP contribution in [-0.4, -0.2) is 68.3 Å². The van der Waals surface area contributed by atoms with Crippen LogP contribution >= 0.6 is 11.6 Å². The van der Waals surface area contributed by atoms with E-state index < -0.39 is 10.9 Å². The van der Waals surface area contributed by atoms with Crippen molar-refractivity contribution in [2.75, 3.05) is 38.0 Å². The molecule has 11 heteroatoms. The van der Waals surface area contributed by atoms with Gasteiger partial charge in [0.15, 0.2) is 0 Å². The lowest BCUT2D eigenvalue weighted by Gasteiger charge is -2.35. The van der Waals surface area contributed by atoms with Gasteiger partial charge >= 0.3 is 0 Å². The zero-order valence-corrected chi connectivity index (χ0v) is 17.2. The minimum absolute atomic E-state index is 0.201. The first-order valence-corrected chi connectivity index (χ1v) is 10.2. The highest BCUT2D eigenvalue weighted by Crippen LogP contribution is 2.26. The zero-order valence-electron chi connectivity index (χ0n) is 15.5. The van der Waals surface area contributed by atoms with Gasteiger partial charge in [0.05, 0.1) is 23.4 Å². The van der Waals surface area contributed by atoms with Crippen molar-refractivity contribution in [2.24, 2.45) is 0 Å². The van der Waals surface area contributed by atoms with Crippen LogP contribution in [-0.2, 0) is 10.9 Å². The molecule has 0 saturated carbocycles. The van der Waals surface area contributed by atoms with E-state index in [0.29, 0.717) is 37.3 Å². The summed E-state index contributed by atoms with van der Waals surface area (Å²) in [6.45, 7) is 1.47. The normalized spacial score (nSPS) is 14.0. The summed E-state index contributed by atoms with van der Waals surface area (Å²) in [5.74, 6) is -0.181. The van der Waals surface area contributed by atoms with Crippen molar-refractivity contribution in [2.45, 2.75) is 0 Å². The third-order valence-corrected chi connectivity index (χ3v) is 5.24. The number of ether oxygens (including phenoxy) is 1. The Balaban J connectivity index is 1.67. The molecule has 2 amide bonds. The number of methoxy groups -OCH3 is 1. The first-order chi connectivity index (χ1) is 13.9. The van der Waals surface area contributed by atoms with Crippen molar-refractivity contribution >= 4 is 40.0 Å². The topological polar surface area (TPSA) is 109 Å². The second-order valence-corrected chi connectivity index (χ2v) is 7.37. The first-order valence-electron chi connectivity index (χ1n) is 8.68. The number of hydrogen-bond donors (Lipinski definition) is 2.